The van der Waals surface area contributed by atoms with Crippen LogP contribution in [0.2, 0.25) is 5.02 Å². The summed E-state index contributed by atoms with van der Waals surface area (Å²) in [5.41, 5.74) is 0.729. The number of non-ortho nitro benzene ring substituents is 1. The first-order chi connectivity index (χ1) is 15.2. The molecule has 5 N–H and O–H groups in total. The first-order valence-corrected chi connectivity index (χ1v) is 9.38. The van der Waals surface area contributed by atoms with Crippen molar-refractivity contribution in [2.45, 2.75) is 12.2 Å². The fraction of sp³-hybridized carbons (Fsp3) is 0.158. The topological polar surface area (TPSA) is 191 Å². The van der Waals surface area contributed by atoms with Crippen LogP contribution in [-0.2, 0) is 0 Å². The van der Waals surface area contributed by atoms with E-state index >= 15 is 0 Å². The van der Waals surface area contributed by atoms with Gasteiger partial charge in [-0.1, -0.05) is 11.6 Å². The van der Waals surface area contributed by atoms with Crippen molar-refractivity contribution in [1.82, 2.24) is 15.4 Å². The molecule has 1 amide bonds. The van der Waals surface area contributed by atoms with Gasteiger partial charge in [0, 0.05) is 22.7 Å². The van der Waals surface area contributed by atoms with Crippen LogP contribution in [0.5, 0.6) is 0 Å². The molecule has 32 heavy (non-hydrogen) atoms. The molecule has 2 unspecified atom stereocenters. The fourth-order valence-electron chi connectivity index (χ4n) is 2.68. The van der Waals surface area contributed by atoms with Gasteiger partial charge in [0.1, 0.15) is 17.9 Å². The number of fused-ring (bicyclic) bond motifs is 1. The number of hydrogen-bond donors (Lipinski definition) is 5. The first kappa shape index (κ1) is 23.0. The smallest absolute Gasteiger partial charge is 0.276 e. The summed E-state index contributed by atoms with van der Waals surface area (Å²) in [6.45, 7) is -0.867. The number of nitrogens with zero attached hydrogens (tertiary/aromatic N) is 3. The van der Waals surface area contributed by atoms with Crippen molar-refractivity contribution >= 4 is 39.9 Å². The summed E-state index contributed by atoms with van der Waals surface area (Å²) in [7, 11) is 0. The lowest BCUT2D eigenvalue weighted by Gasteiger charge is -2.17. The largest absolute Gasteiger partial charge is 0.394 e. The number of amides is 1. The molecule has 3 aromatic rings. The van der Waals surface area contributed by atoms with Gasteiger partial charge in [-0.05, 0) is 30.3 Å². The number of carbonyl (C=O) groups excluding carboxylic acids is 1. The van der Waals surface area contributed by atoms with Crippen molar-refractivity contribution in [3.63, 3.8) is 0 Å². The lowest BCUT2D eigenvalue weighted by atomic mass is 10.1. The van der Waals surface area contributed by atoms with Crippen LogP contribution in [0.1, 0.15) is 16.1 Å². The van der Waals surface area contributed by atoms with Gasteiger partial charge in [-0.2, -0.15) is 5.10 Å². The van der Waals surface area contributed by atoms with E-state index in [1.165, 1.54) is 30.3 Å². The van der Waals surface area contributed by atoms with E-state index in [2.05, 4.69) is 20.5 Å². The van der Waals surface area contributed by atoms with E-state index < -0.39 is 46.6 Å². The standard InChI is InChI=1S/C19H16ClN5O7/c20-10-3-6-12-13(7-10)21-16(19(30)22-12)15(17(28)14(27)8-26)23-24-18(29)9-1-4-11(5-2-9)25(31)32/h1-7,14,17,26-28H,8H2,(H,22,30)(H,24,29). The molecule has 13 heteroatoms. The summed E-state index contributed by atoms with van der Waals surface area (Å²) < 4.78 is 0. The number of nitrogens with one attached hydrogen (secondary N) is 2. The van der Waals surface area contributed by atoms with E-state index in [4.69, 9.17) is 11.6 Å². The Morgan fingerprint density at radius 3 is 2.56 bits per heavy atom. The summed E-state index contributed by atoms with van der Waals surface area (Å²) >= 11 is 5.94. The number of nitro benzene ring substituents is 1. The molecular formula is C19H16ClN5O7. The molecule has 0 saturated heterocycles. The minimum atomic E-state index is -1.89. The highest BCUT2D eigenvalue weighted by Crippen LogP contribution is 2.16. The van der Waals surface area contributed by atoms with Crippen LogP contribution in [-0.4, -0.2) is 60.6 Å². The van der Waals surface area contributed by atoms with Crippen LogP contribution >= 0.6 is 11.6 Å². The number of aliphatic hydroxyl groups is 3. The van der Waals surface area contributed by atoms with E-state index in [-0.39, 0.29) is 16.8 Å². The van der Waals surface area contributed by atoms with Gasteiger partial charge >= 0.3 is 0 Å². The number of aromatic amines is 1. The van der Waals surface area contributed by atoms with Crippen molar-refractivity contribution < 1.29 is 25.0 Å². The predicted molar refractivity (Wildman–Crippen MR) is 114 cm³/mol. The molecule has 1 heterocycles. The van der Waals surface area contributed by atoms with Gasteiger partial charge in [0.25, 0.3) is 17.2 Å². The van der Waals surface area contributed by atoms with Crippen LogP contribution in [0.15, 0.2) is 52.4 Å². The predicted octanol–water partition coefficient (Wildman–Crippen LogP) is 0.333. The molecule has 0 saturated carbocycles. The molecule has 2 atom stereocenters. The number of carbonyl (C=O) groups is 1. The normalized spacial score (nSPS) is 13.6. The molecule has 0 radical (unpaired) electrons. The maximum absolute atomic E-state index is 12.5. The average molecular weight is 462 g/mol. The molecule has 0 aliphatic heterocycles. The Bertz CT molecular complexity index is 1260. The van der Waals surface area contributed by atoms with Crippen LogP contribution in [0.3, 0.4) is 0 Å². The molecule has 166 valence electrons. The zero-order chi connectivity index (χ0) is 23.4. The van der Waals surface area contributed by atoms with Gasteiger partial charge < -0.3 is 20.3 Å². The Morgan fingerprint density at radius 2 is 1.94 bits per heavy atom. The number of hydrogen-bond acceptors (Lipinski definition) is 9. The Kier molecular flexibility index (Phi) is 6.90. The highest BCUT2D eigenvalue weighted by molar-refractivity contribution is 6.31. The highest BCUT2D eigenvalue weighted by Gasteiger charge is 2.27. The molecule has 0 bridgehead atoms. The molecule has 2 aromatic carbocycles. The van der Waals surface area contributed by atoms with Gasteiger partial charge in [0.2, 0.25) is 0 Å². The zero-order valence-electron chi connectivity index (χ0n) is 16.1. The van der Waals surface area contributed by atoms with Crippen LogP contribution in [0, 0.1) is 10.1 Å². The molecule has 12 nitrogen and oxygen atoms in total. The summed E-state index contributed by atoms with van der Waals surface area (Å²) in [6.07, 6.45) is -3.62. The quantitative estimate of drug-likeness (QED) is 0.189. The van der Waals surface area contributed by atoms with Crippen molar-refractivity contribution in [2.24, 2.45) is 5.10 Å². The Morgan fingerprint density at radius 1 is 1.25 bits per heavy atom. The molecule has 0 aliphatic rings. The van der Waals surface area contributed by atoms with Crippen molar-refractivity contribution in [3.05, 3.63) is 79.2 Å². The minimum absolute atomic E-state index is 0.00283. The summed E-state index contributed by atoms with van der Waals surface area (Å²) in [4.78, 5) is 41.6. The number of H-pyrrole nitrogens is 1. The molecule has 0 aliphatic carbocycles. The zero-order valence-corrected chi connectivity index (χ0v) is 16.9. The lowest BCUT2D eigenvalue weighted by molar-refractivity contribution is -0.384. The van der Waals surface area contributed by atoms with Crippen molar-refractivity contribution in [1.29, 1.82) is 0 Å². The number of hydrazone groups is 1. The van der Waals surface area contributed by atoms with Gasteiger partial charge in [0.05, 0.1) is 22.6 Å². The van der Waals surface area contributed by atoms with Crippen molar-refractivity contribution in [2.75, 3.05) is 6.61 Å². The number of nitro groups is 1. The minimum Gasteiger partial charge on any atom is -0.394 e. The van der Waals surface area contributed by atoms with E-state index in [0.29, 0.717) is 10.5 Å². The van der Waals surface area contributed by atoms with Crippen LogP contribution in [0.4, 0.5) is 5.69 Å². The maximum atomic E-state index is 12.5. The summed E-state index contributed by atoms with van der Waals surface area (Å²) in [5.74, 6) is -0.816. The first-order valence-electron chi connectivity index (χ1n) is 9.00. The molecule has 0 spiro atoms. The van der Waals surface area contributed by atoms with Gasteiger partial charge in [-0.15, -0.1) is 0 Å². The summed E-state index contributed by atoms with van der Waals surface area (Å²) in [5, 5.41) is 44.2. The number of rotatable bonds is 7. The maximum Gasteiger partial charge on any atom is 0.276 e. The second kappa shape index (κ2) is 9.62. The lowest BCUT2D eigenvalue weighted by Crippen LogP contribution is -2.41. The molecule has 1 aromatic heterocycles. The second-order valence-electron chi connectivity index (χ2n) is 6.51. The number of benzene rings is 2. The van der Waals surface area contributed by atoms with Gasteiger partial charge in [-0.3, -0.25) is 19.7 Å². The molecular weight excluding hydrogens is 446 g/mol. The van der Waals surface area contributed by atoms with E-state index in [9.17, 15) is 35.0 Å². The van der Waals surface area contributed by atoms with Crippen LogP contribution in [0.25, 0.3) is 11.0 Å². The molecule has 0 fully saturated rings. The van der Waals surface area contributed by atoms with Crippen LogP contribution < -0.4 is 11.0 Å². The Labute approximate surface area is 184 Å². The number of aliphatic hydroxyl groups excluding tert-OH is 3. The summed E-state index contributed by atoms with van der Waals surface area (Å²) in [6, 6.07) is 9.09. The number of aromatic nitrogens is 2. The number of halogens is 1. The van der Waals surface area contributed by atoms with E-state index in [1.807, 2.05) is 0 Å². The van der Waals surface area contributed by atoms with E-state index in [0.717, 1.165) is 12.1 Å². The van der Waals surface area contributed by atoms with Gasteiger partial charge in [0.15, 0.2) is 5.69 Å². The Balaban J connectivity index is 2.01. The van der Waals surface area contributed by atoms with E-state index in [1.54, 1.807) is 0 Å². The SMILES string of the molecule is O=C(NN=C(c1nc2cc(Cl)ccc2[nH]c1=O)C(O)C(O)CO)c1ccc([N+](=O)[O-])cc1. The third kappa shape index (κ3) is 4.95. The Hall–Kier alpha value is -3.71. The monoisotopic (exact) mass is 461 g/mol. The third-order valence-electron chi connectivity index (χ3n) is 4.35. The fourth-order valence-corrected chi connectivity index (χ4v) is 2.85. The average Bonchev–Trinajstić information content (AvgIpc) is 2.78. The highest BCUT2D eigenvalue weighted by atomic mass is 35.5. The third-order valence-corrected chi connectivity index (χ3v) is 4.58. The van der Waals surface area contributed by atoms with Gasteiger partial charge in [-0.25, -0.2) is 10.4 Å². The molecule has 3 rings (SSSR count). The second-order valence-corrected chi connectivity index (χ2v) is 6.95. The van der Waals surface area contributed by atoms with Crippen molar-refractivity contribution in [3.8, 4) is 0 Å².